The van der Waals surface area contributed by atoms with Crippen molar-refractivity contribution in [3.63, 3.8) is 0 Å². The SMILES string of the molecule is C=C1/C=C\C(c2ccc(-c3ccc(-c4cnc5c(ccc6cccnc65)c4)cc3)cc2)=N/Cc2ncccc2/C=C\1. The Labute approximate surface area is 238 Å². The topological polar surface area (TPSA) is 51.0 Å². The lowest BCUT2D eigenvalue weighted by atomic mass is 9.98. The second-order valence-corrected chi connectivity index (χ2v) is 10.1. The van der Waals surface area contributed by atoms with E-state index in [-0.39, 0.29) is 0 Å². The lowest BCUT2D eigenvalue weighted by molar-refractivity contribution is 0.985. The molecule has 0 atom stereocenters. The van der Waals surface area contributed by atoms with Crippen LogP contribution in [0.4, 0.5) is 0 Å². The van der Waals surface area contributed by atoms with Crippen LogP contribution < -0.4 is 0 Å². The van der Waals surface area contributed by atoms with Gasteiger partial charge in [-0.2, -0.15) is 0 Å². The molecule has 0 fully saturated rings. The van der Waals surface area contributed by atoms with Crippen molar-refractivity contribution in [1.82, 2.24) is 15.0 Å². The lowest BCUT2D eigenvalue weighted by Crippen LogP contribution is -2.01. The summed E-state index contributed by atoms with van der Waals surface area (Å²) in [6, 6.07) is 31.6. The van der Waals surface area contributed by atoms with Crippen molar-refractivity contribution >= 4 is 33.6 Å². The second kappa shape index (κ2) is 10.6. The summed E-state index contributed by atoms with van der Waals surface area (Å²) in [5.74, 6) is 0. The molecule has 0 spiro atoms. The highest BCUT2D eigenvalue weighted by Gasteiger charge is 2.08. The molecule has 1 aliphatic heterocycles. The molecule has 4 nitrogen and oxygen atoms in total. The largest absolute Gasteiger partial charge is 0.278 e. The summed E-state index contributed by atoms with van der Waals surface area (Å²) in [7, 11) is 0. The van der Waals surface area contributed by atoms with Gasteiger partial charge in [0.25, 0.3) is 0 Å². The molecule has 4 heteroatoms. The molecule has 0 saturated carbocycles. The van der Waals surface area contributed by atoms with Gasteiger partial charge < -0.3 is 0 Å². The lowest BCUT2D eigenvalue weighted by Gasteiger charge is -2.09. The summed E-state index contributed by atoms with van der Waals surface area (Å²) in [5.41, 5.74) is 11.3. The van der Waals surface area contributed by atoms with Crippen LogP contribution in [0.25, 0.3) is 50.1 Å². The highest BCUT2D eigenvalue weighted by Crippen LogP contribution is 2.29. The van der Waals surface area contributed by atoms with Crippen molar-refractivity contribution in [3.8, 4) is 22.3 Å². The summed E-state index contributed by atoms with van der Waals surface area (Å²) in [6.07, 6.45) is 13.7. The number of allylic oxidation sites excluding steroid dienone is 4. The van der Waals surface area contributed by atoms with Crippen molar-refractivity contribution in [3.05, 3.63) is 157 Å². The number of rotatable bonds is 3. The number of hydrogen-bond donors (Lipinski definition) is 0. The van der Waals surface area contributed by atoms with E-state index in [9.17, 15) is 0 Å². The van der Waals surface area contributed by atoms with E-state index in [4.69, 9.17) is 9.98 Å². The highest BCUT2D eigenvalue weighted by atomic mass is 14.8. The van der Waals surface area contributed by atoms with Gasteiger partial charge in [-0.05, 0) is 57.7 Å². The van der Waals surface area contributed by atoms with Crippen LogP contribution in [0.3, 0.4) is 0 Å². The Balaban J connectivity index is 1.14. The van der Waals surface area contributed by atoms with Crippen LogP contribution in [0.2, 0.25) is 0 Å². The Hall–Kier alpha value is -5.48. The van der Waals surface area contributed by atoms with Crippen molar-refractivity contribution in [2.45, 2.75) is 6.54 Å². The number of aromatic nitrogens is 3. The van der Waals surface area contributed by atoms with E-state index in [2.05, 4.69) is 95.4 Å². The third kappa shape index (κ3) is 4.99. The van der Waals surface area contributed by atoms with Crippen molar-refractivity contribution in [2.24, 2.45) is 4.99 Å². The monoisotopic (exact) mass is 526 g/mol. The first-order chi connectivity index (χ1) is 20.2. The first kappa shape index (κ1) is 24.6. The fourth-order valence-electron chi connectivity index (χ4n) is 5.16. The number of pyridine rings is 3. The first-order valence-corrected chi connectivity index (χ1v) is 13.6. The molecule has 6 aromatic rings. The molecular formula is C37H26N4. The number of aliphatic imine (C=N–C) groups is 1. The highest BCUT2D eigenvalue weighted by molar-refractivity contribution is 6.09. The van der Waals surface area contributed by atoms with Gasteiger partial charge in [0.2, 0.25) is 0 Å². The summed E-state index contributed by atoms with van der Waals surface area (Å²) in [4.78, 5) is 18.7. The molecular weight excluding hydrogens is 500 g/mol. The maximum atomic E-state index is 4.90. The van der Waals surface area contributed by atoms with E-state index in [1.54, 1.807) is 0 Å². The van der Waals surface area contributed by atoms with Crippen molar-refractivity contribution < 1.29 is 0 Å². The fraction of sp³-hybridized carbons (Fsp3) is 0.0270. The van der Waals surface area contributed by atoms with E-state index in [1.165, 1.54) is 0 Å². The first-order valence-electron chi connectivity index (χ1n) is 13.6. The third-order valence-electron chi connectivity index (χ3n) is 7.41. The van der Waals surface area contributed by atoms with Gasteiger partial charge in [-0.3, -0.25) is 19.9 Å². The van der Waals surface area contributed by atoms with E-state index in [0.29, 0.717) is 6.54 Å². The summed E-state index contributed by atoms with van der Waals surface area (Å²) < 4.78 is 0. The summed E-state index contributed by atoms with van der Waals surface area (Å²) in [6.45, 7) is 4.66. The van der Waals surface area contributed by atoms with E-state index in [0.717, 1.165) is 72.2 Å². The number of nitrogens with zero attached hydrogens (tertiary/aromatic N) is 4. The maximum absolute atomic E-state index is 4.90. The Kier molecular flexibility index (Phi) is 6.34. The fourth-order valence-corrected chi connectivity index (χ4v) is 5.16. The Bertz CT molecular complexity index is 2010. The Morgan fingerprint density at radius 2 is 1.17 bits per heavy atom. The van der Waals surface area contributed by atoms with Crippen LogP contribution in [0.1, 0.15) is 16.8 Å². The summed E-state index contributed by atoms with van der Waals surface area (Å²) in [5, 5.41) is 2.19. The van der Waals surface area contributed by atoms with Crippen molar-refractivity contribution in [2.75, 3.05) is 0 Å². The van der Waals surface area contributed by atoms with Gasteiger partial charge in [0.05, 0.1) is 29.0 Å². The minimum absolute atomic E-state index is 0.520. The number of benzene rings is 3. The van der Waals surface area contributed by atoms with Gasteiger partial charge in [0.15, 0.2) is 0 Å². The third-order valence-corrected chi connectivity index (χ3v) is 7.41. The second-order valence-electron chi connectivity index (χ2n) is 10.1. The molecule has 0 amide bonds. The standard InChI is InChI=1S/C37H26N4/c1-25-6-8-29-4-2-20-38-35(29)24-40-34(19-7-25)30-15-13-27(14-16-30)26-9-11-28(12-10-26)33-22-32-18-17-31-5-3-21-39-36(31)37(32)41-23-33/h2-23H,1,24H2/b8-6-,19-7-,40-34+. The smallest absolute Gasteiger partial charge is 0.0964 e. The quantitative estimate of drug-likeness (QED) is 0.217. The van der Waals surface area contributed by atoms with E-state index in [1.807, 2.05) is 55.0 Å². The Morgan fingerprint density at radius 3 is 1.98 bits per heavy atom. The molecule has 194 valence electrons. The van der Waals surface area contributed by atoms with Crippen LogP contribution in [0.5, 0.6) is 0 Å². The van der Waals surface area contributed by atoms with Gasteiger partial charge in [-0.15, -0.1) is 0 Å². The Morgan fingerprint density at radius 1 is 0.537 bits per heavy atom. The summed E-state index contributed by atoms with van der Waals surface area (Å²) >= 11 is 0. The molecule has 0 radical (unpaired) electrons. The van der Waals surface area contributed by atoms with Gasteiger partial charge in [0, 0.05) is 34.9 Å². The van der Waals surface area contributed by atoms with Crippen molar-refractivity contribution in [1.29, 1.82) is 0 Å². The molecule has 7 rings (SSSR count). The molecule has 3 aromatic carbocycles. The number of hydrogen-bond acceptors (Lipinski definition) is 4. The molecule has 0 bridgehead atoms. The molecule has 0 unspecified atom stereocenters. The van der Waals surface area contributed by atoms with Crippen LogP contribution in [0, 0.1) is 0 Å². The predicted molar refractivity (Wildman–Crippen MR) is 170 cm³/mol. The van der Waals surface area contributed by atoms with Crippen LogP contribution in [0.15, 0.2) is 145 Å². The van der Waals surface area contributed by atoms with Crippen LogP contribution in [-0.4, -0.2) is 20.7 Å². The van der Waals surface area contributed by atoms with Gasteiger partial charge in [-0.25, -0.2) is 0 Å². The average Bonchev–Trinajstić information content (AvgIpc) is 3.04. The zero-order valence-corrected chi connectivity index (χ0v) is 22.4. The molecule has 3 aromatic heterocycles. The number of fused-ring (bicyclic) bond motifs is 4. The van der Waals surface area contributed by atoms with E-state index < -0.39 is 0 Å². The minimum Gasteiger partial charge on any atom is -0.278 e. The molecule has 41 heavy (non-hydrogen) atoms. The maximum Gasteiger partial charge on any atom is 0.0964 e. The van der Waals surface area contributed by atoms with Crippen LogP contribution in [-0.2, 0) is 6.54 Å². The van der Waals surface area contributed by atoms with Gasteiger partial charge in [-0.1, -0.05) is 97.6 Å². The normalized spacial score (nSPS) is 16.1. The van der Waals surface area contributed by atoms with Gasteiger partial charge in [0.1, 0.15) is 0 Å². The van der Waals surface area contributed by atoms with Gasteiger partial charge >= 0.3 is 0 Å². The van der Waals surface area contributed by atoms with Crippen LogP contribution >= 0.6 is 0 Å². The molecule has 0 aliphatic carbocycles. The molecule has 0 saturated heterocycles. The zero-order valence-electron chi connectivity index (χ0n) is 22.4. The molecule has 1 aliphatic rings. The minimum atomic E-state index is 0.520. The predicted octanol–water partition coefficient (Wildman–Crippen LogP) is 8.64. The van der Waals surface area contributed by atoms with E-state index >= 15 is 0 Å². The zero-order chi connectivity index (χ0) is 27.6. The molecule has 4 heterocycles. The average molecular weight is 527 g/mol. The molecule has 0 N–H and O–H groups in total.